The van der Waals surface area contributed by atoms with Gasteiger partial charge in [0.2, 0.25) is 0 Å². The molecule has 0 saturated heterocycles. The van der Waals surface area contributed by atoms with Gasteiger partial charge in [-0.2, -0.15) is 0 Å². The van der Waals surface area contributed by atoms with Crippen molar-refractivity contribution in [1.82, 2.24) is 0 Å². The number of hydrogen-bond acceptors (Lipinski definition) is 2. The molecule has 1 aromatic carbocycles. The minimum Gasteiger partial charge on any atom is -0.326 e. The zero-order chi connectivity index (χ0) is 12.8. The lowest BCUT2D eigenvalue weighted by molar-refractivity contribution is 0.618. The van der Waals surface area contributed by atoms with Crippen LogP contribution in [0.3, 0.4) is 0 Å². The maximum atomic E-state index is 13.1. The fraction of sp³-hybridized carbons (Fsp3) is 0.538. The van der Waals surface area contributed by atoms with E-state index in [1.54, 1.807) is 6.07 Å². The molecular weight excluding hydrogens is 237 g/mol. The van der Waals surface area contributed by atoms with E-state index in [1.807, 2.05) is 0 Å². The molecule has 0 amide bonds. The summed E-state index contributed by atoms with van der Waals surface area (Å²) in [5.41, 5.74) is 7.23. The molecule has 2 nitrogen and oxygen atoms in total. The Bertz CT molecular complexity index is 393. The molecule has 0 saturated carbocycles. The third-order valence-corrected chi connectivity index (χ3v) is 3.95. The summed E-state index contributed by atoms with van der Waals surface area (Å²) < 4.78 is 25.0. The smallest absolute Gasteiger partial charge is 0.123 e. The molecule has 17 heavy (non-hydrogen) atoms. The summed E-state index contributed by atoms with van der Waals surface area (Å²) in [4.78, 5) is 0. The van der Waals surface area contributed by atoms with Crippen LogP contribution in [0.25, 0.3) is 0 Å². The van der Waals surface area contributed by atoms with Crippen LogP contribution >= 0.6 is 0 Å². The topological polar surface area (TPSA) is 43.1 Å². The Labute approximate surface area is 105 Å². The van der Waals surface area contributed by atoms with Gasteiger partial charge in [0.1, 0.15) is 5.82 Å². The second-order valence-corrected chi connectivity index (χ2v) is 6.16. The first-order valence-electron chi connectivity index (χ1n) is 5.85. The van der Waals surface area contributed by atoms with Crippen LogP contribution in [0.15, 0.2) is 18.2 Å². The molecule has 1 unspecified atom stereocenters. The Morgan fingerprint density at radius 2 is 2.06 bits per heavy atom. The molecule has 0 aliphatic heterocycles. The van der Waals surface area contributed by atoms with Gasteiger partial charge in [-0.3, -0.25) is 4.21 Å². The highest BCUT2D eigenvalue weighted by Gasteiger charge is 2.08. The number of benzene rings is 1. The van der Waals surface area contributed by atoms with E-state index in [-0.39, 0.29) is 5.82 Å². The van der Waals surface area contributed by atoms with E-state index in [2.05, 4.69) is 13.8 Å². The molecule has 4 heteroatoms. The lowest BCUT2D eigenvalue weighted by atomic mass is 10.1. The molecule has 0 aliphatic carbocycles. The number of halogens is 1. The zero-order valence-corrected chi connectivity index (χ0v) is 11.2. The molecular formula is C13H20FNOS. The second kappa shape index (κ2) is 6.87. The van der Waals surface area contributed by atoms with Gasteiger partial charge in [-0.1, -0.05) is 19.9 Å². The van der Waals surface area contributed by atoms with Crippen molar-refractivity contribution in [2.24, 2.45) is 11.7 Å². The van der Waals surface area contributed by atoms with Crippen molar-refractivity contribution >= 4 is 10.8 Å². The minimum atomic E-state index is -0.934. The first-order valence-corrected chi connectivity index (χ1v) is 7.34. The normalized spacial score (nSPS) is 13.0. The van der Waals surface area contributed by atoms with Crippen molar-refractivity contribution in [3.63, 3.8) is 0 Å². The van der Waals surface area contributed by atoms with Crippen molar-refractivity contribution in [3.8, 4) is 0 Å². The first-order chi connectivity index (χ1) is 8.02. The summed E-state index contributed by atoms with van der Waals surface area (Å²) in [6.45, 7) is 4.56. The van der Waals surface area contributed by atoms with Crippen molar-refractivity contribution in [2.75, 3.05) is 5.75 Å². The Hall–Kier alpha value is -0.740. The number of nitrogens with two attached hydrogens (primary N) is 1. The molecule has 1 atom stereocenters. The third kappa shape index (κ3) is 4.96. The Morgan fingerprint density at radius 3 is 2.65 bits per heavy atom. The summed E-state index contributed by atoms with van der Waals surface area (Å²) >= 11 is 0. The maximum Gasteiger partial charge on any atom is 0.123 e. The highest BCUT2D eigenvalue weighted by molar-refractivity contribution is 7.84. The minimum absolute atomic E-state index is 0.293. The second-order valence-electron chi connectivity index (χ2n) is 4.59. The van der Waals surface area contributed by atoms with Crippen LogP contribution < -0.4 is 5.73 Å². The molecule has 1 aromatic rings. The lowest BCUT2D eigenvalue weighted by Gasteiger charge is -2.09. The molecule has 0 heterocycles. The van der Waals surface area contributed by atoms with Gasteiger partial charge in [-0.05, 0) is 35.6 Å². The highest BCUT2D eigenvalue weighted by atomic mass is 32.2. The molecule has 0 spiro atoms. The Kier molecular flexibility index (Phi) is 5.78. The van der Waals surface area contributed by atoms with Crippen molar-refractivity contribution < 1.29 is 8.60 Å². The molecule has 96 valence electrons. The quantitative estimate of drug-likeness (QED) is 0.851. The average molecular weight is 257 g/mol. The van der Waals surface area contributed by atoms with Crippen molar-refractivity contribution in [3.05, 3.63) is 35.1 Å². The van der Waals surface area contributed by atoms with Gasteiger partial charge >= 0.3 is 0 Å². The van der Waals surface area contributed by atoms with Gasteiger partial charge in [0.25, 0.3) is 0 Å². The van der Waals surface area contributed by atoms with Crippen LogP contribution in [0.4, 0.5) is 4.39 Å². The SMILES string of the molecule is CC(C)CCS(=O)Cc1cc(F)ccc1CN. The number of hydrogen-bond donors (Lipinski definition) is 1. The van der Waals surface area contributed by atoms with Crippen LogP contribution in [0.1, 0.15) is 31.4 Å². The summed E-state index contributed by atoms with van der Waals surface area (Å²) in [5.74, 6) is 1.31. The highest BCUT2D eigenvalue weighted by Crippen LogP contribution is 2.14. The van der Waals surface area contributed by atoms with Gasteiger partial charge in [0.15, 0.2) is 0 Å². The summed E-state index contributed by atoms with van der Waals surface area (Å²) in [6.07, 6.45) is 0.930. The largest absolute Gasteiger partial charge is 0.326 e. The van der Waals surface area contributed by atoms with Crippen molar-refractivity contribution in [2.45, 2.75) is 32.6 Å². The lowest BCUT2D eigenvalue weighted by Crippen LogP contribution is -2.08. The third-order valence-electron chi connectivity index (χ3n) is 2.63. The fourth-order valence-corrected chi connectivity index (χ4v) is 3.03. The number of rotatable bonds is 6. The van der Waals surface area contributed by atoms with Crippen LogP contribution in [0.2, 0.25) is 0 Å². The predicted molar refractivity (Wildman–Crippen MR) is 70.5 cm³/mol. The monoisotopic (exact) mass is 257 g/mol. The van der Waals surface area contributed by atoms with E-state index in [0.29, 0.717) is 24.0 Å². The zero-order valence-electron chi connectivity index (χ0n) is 10.4. The molecule has 2 N–H and O–H groups in total. The first kappa shape index (κ1) is 14.3. The maximum absolute atomic E-state index is 13.1. The van der Waals surface area contributed by atoms with Gasteiger partial charge in [-0.25, -0.2) is 4.39 Å². The van der Waals surface area contributed by atoms with Crippen LogP contribution in [-0.2, 0) is 23.1 Å². The van der Waals surface area contributed by atoms with E-state index < -0.39 is 10.8 Å². The molecule has 1 rings (SSSR count). The van der Waals surface area contributed by atoms with Crippen molar-refractivity contribution in [1.29, 1.82) is 0 Å². The van der Waals surface area contributed by atoms with Gasteiger partial charge in [0, 0.05) is 28.9 Å². The van der Waals surface area contributed by atoms with Crippen LogP contribution in [0.5, 0.6) is 0 Å². The molecule has 0 aliphatic rings. The molecule has 0 bridgehead atoms. The molecule has 0 fully saturated rings. The van der Waals surface area contributed by atoms with Crippen LogP contribution in [0, 0.1) is 11.7 Å². The fourth-order valence-electron chi connectivity index (χ4n) is 1.54. The summed E-state index contributed by atoms with van der Waals surface area (Å²) in [6, 6.07) is 4.50. The molecule has 0 aromatic heterocycles. The van der Waals surface area contributed by atoms with E-state index in [0.717, 1.165) is 17.5 Å². The van der Waals surface area contributed by atoms with E-state index in [9.17, 15) is 8.60 Å². The van der Waals surface area contributed by atoms with Gasteiger partial charge in [0.05, 0.1) is 0 Å². The van der Waals surface area contributed by atoms with E-state index in [4.69, 9.17) is 5.73 Å². The Morgan fingerprint density at radius 1 is 1.35 bits per heavy atom. The van der Waals surface area contributed by atoms with E-state index >= 15 is 0 Å². The summed E-state index contributed by atoms with van der Waals surface area (Å²) in [7, 11) is -0.934. The van der Waals surface area contributed by atoms with E-state index in [1.165, 1.54) is 12.1 Å². The van der Waals surface area contributed by atoms with Gasteiger partial charge in [-0.15, -0.1) is 0 Å². The standard InChI is InChI=1S/C13H20FNOS/c1-10(2)5-6-17(16)9-12-7-13(14)4-3-11(12)8-15/h3-4,7,10H,5-6,8-9,15H2,1-2H3. The average Bonchev–Trinajstić information content (AvgIpc) is 2.27. The van der Waals surface area contributed by atoms with Gasteiger partial charge < -0.3 is 5.73 Å². The Balaban J connectivity index is 2.66. The predicted octanol–water partition coefficient (Wildman–Crippen LogP) is 2.58. The summed E-state index contributed by atoms with van der Waals surface area (Å²) in [5, 5.41) is 0. The van der Waals surface area contributed by atoms with Crippen LogP contribution in [-0.4, -0.2) is 9.96 Å². The molecule has 0 radical (unpaired) electrons.